The Morgan fingerprint density at radius 1 is 1.44 bits per heavy atom. The fraction of sp³-hybridized carbons (Fsp3) is 0.500. The Kier molecular flexibility index (Phi) is 6.22. The zero-order chi connectivity index (χ0) is 13.4. The average Bonchev–Trinajstić information content (AvgIpc) is 2.36. The summed E-state index contributed by atoms with van der Waals surface area (Å²) in [5.41, 5.74) is 7.59. The van der Waals surface area contributed by atoms with Crippen LogP contribution in [0.15, 0.2) is 24.3 Å². The Bertz CT molecular complexity index is 380. The minimum atomic E-state index is 0.0567. The molecule has 0 radical (unpaired) electrons. The first-order valence-corrected chi connectivity index (χ1v) is 6.22. The summed E-state index contributed by atoms with van der Waals surface area (Å²) in [5, 5.41) is 2.90. The highest BCUT2D eigenvalue weighted by Crippen LogP contribution is 2.12. The van der Waals surface area contributed by atoms with Gasteiger partial charge in [-0.15, -0.1) is 0 Å². The summed E-state index contributed by atoms with van der Waals surface area (Å²) in [6, 6.07) is 7.64. The molecule has 1 atom stereocenters. The monoisotopic (exact) mass is 250 g/mol. The number of aryl methyl sites for hydroxylation is 1. The number of carbonyl (C=O) groups excluding carboxylic acids is 1. The summed E-state index contributed by atoms with van der Waals surface area (Å²) in [4.78, 5) is 11.6. The number of amides is 1. The van der Waals surface area contributed by atoms with E-state index in [0.29, 0.717) is 31.9 Å². The molecule has 0 aliphatic carbocycles. The van der Waals surface area contributed by atoms with E-state index in [1.165, 1.54) is 0 Å². The van der Waals surface area contributed by atoms with Crippen molar-refractivity contribution in [1.29, 1.82) is 0 Å². The van der Waals surface area contributed by atoms with Gasteiger partial charge in [-0.1, -0.05) is 25.1 Å². The molecule has 18 heavy (non-hydrogen) atoms. The van der Waals surface area contributed by atoms with E-state index >= 15 is 0 Å². The molecule has 1 aromatic carbocycles. The number of para-hydroxylation sites is 1. The van der Waals surface area contributed by atoms with Gasteiger partial charge in [0.1, 0.15) is 0 Å². The van der Waals surface area contributed by atoms with Crippen LogP contribution in [0.5, 0.6) is 0 Å². The quantitative estimate of drug-likeness (QED) is 0.722. The second-order valence-corrected chi connectivity index (χ2v) is 4.56. The van der Waals surface area contributed by atoms with Gasteiger partial charge in [0.15, 0.2) is 0 Å². The van der Waals surface area contributed by atoms with Gasteiger partial charge in [0.2, 0.25) is 5.91 Å². The van der Waals surface area contributed by atoms with Gasteiger partial charge in [0.25, 0.3) is 0 Å². The molecule has 0 heterocycles. The summed E-state index contributed by atoms with van der Waals surface area (Å²) in [6.07, 6.45) is 1.14. The molecule has 0 spiro atoms. The number of carbonyl (C=O) groups is 1. The van der Waals surface area contributed by atoms with Crippen LogP contribution in [0, 0.1) is 5.92 Å². The summed E-state index contributed by atoms with van der Waals surface area (Å²) >= 11 is 0. The van der Waals surface area contributed by atoms with Crippen molar-refractivity contribution in [2.75, 3.05) is 26.0 Å². The first-order valence-electron chi connectivity index (χ1n) is 6.22. The minimum Gasteiger partial charge on any atom is -0.399 e. The third-order valence-corrected chi connectivity index (χ3v) is 2.78. The Morgan fingerprint density at radius 2 is 2.17 bits per heavy atom. The van der Waals surface area contributed by atoms with Crippen molar-refractivity contribution < 1.29 is 9.53 Å². The molecule has 0 bridgehead atoms. The zero-order valence-corrected chi connectivity index (χ0v) is 11.1. The average molecular weight is 250 g/mol. The topological polar surface area (TPSA) is 64.3 Å². The summed E-state index contributed by atoms with van der Waals surface area (Å²) in [6.45, 7) is 3.35. The van der Waals surface area contributed by atoms with Crippen LogP contribution in [-0.4, -0.2) is 26.2 Å². The van der Waals surface area contributed by atoms with Crippen molar-refractivity contribution in [3.63, 3.8) is 0 Å². The molecule has 1 aromatic rings. The molecule has 1 rings (SSSR count). The molecule has 3 N–H and O–H groups in total. The molecule has 100 valence electrons. The predicted octanol–water partition coefficient (Wildman–Crippen LogP) is 1.60. The number of nitrogens with one attached hydrogen (secondary N) is 1. The molecule has 4 nitrogen and oxygen atoms in total. The Hall–Kier alpha value is -1.55. The number of nitrogens with two attached hydrogens (primary N) is 1. The standard InChI is InChI=1S/C14H22N2O2/c1-11(10-18-2)9-16-14(17)8-7-12-5-3-4-6-13(12)15/h3-6,11H,7-10,15H2,1-2H3,(H,16,17). The second-order valence-electron chi connectivity index (χ2n) is 4.56. The zero-order valence-electron chi connectivity index (χ0n) is 11.1. The lowest BCUT2D eigenvalue weighted by Gasteiger charge is -2.11. The normalized spacial score (nSPS) is 12.1. The van der Waals surface area contributed by atoms with Gasteiger partial charge >= 0.3 is 0 Å². The number of rotatable bonds is 7. The van der Waals surface area contributed by atoms with Crippen molar-refractivity contribution in [2.45, 2.75) is 19.8 Å². The lowest BCUT2D eigenvalue weighted by Crippen LogP contribution is -2.30. The van der Waals surface area contributed by atoms with Crippen LogP contribution < -0.4 is 11.1 Å². The SMILES string of the molecule is COCC(C)CNC(=O)CCc1ccccc1N. The van der Waals surface area contributed by atoms with Crippen LogP contribution in [-0.2, 0) is 16.0 Å². The van der Waals surface area contributed by atoms with Crippen molar-refractivity contribution in [1.82, 2.24) is 5.32 Å². The van der Waals surface area contributed by atoms with Gasteiger partial charge < -0.3 is 15.8 Å². The molecule has 0 saturated heterocycles. The third-order valence-electron chi connectivity index (χ3n) is 2.78. The fourth-order valence-electron chi connectivity index (χ4n) is 1.73. The van der Waals surface area contributed by atoms with E-state index in [1.807, 2.05) is 31.2 Å². The highest BCUT2D eigenvalue weighted by Gasteiger charge is 2.06. The Morgan fingerprint density at radius 3 is 2.83 bits per heavy atom. The maximum atomic E-state index is 11.6. The van der Waals surface area contributed by atoms with Crippen LogP contribution in [0.25, 0.3) is 0 Å². The van der Waals surface area contributed by atoms with Crippen molar-refractivity contribution in [3.05, 3.63) is 29.8 Å². The molecule has 4 heteroatoms. The first kappa shape index (κ1) is 14.5. The van der Waals surface area contributed by atoms with E-state index in [0.717, 1.165) is 11.3 Å². The number of ether oxygens (including phenoxy) is 1. The number of benzene rings is 1. The van der Waals surface area contributed by atoms with Crippen LogP contribution in [0.3, 0.4) is 0 Å². The minimum absolute atomic E-state index is 0.0567. The molecular formula is C14H22N2O2. The number of methoxy groups -OCH3 is 1. The second kappa shape index (κ2) is 7.71. The lowest BCUT2D eigenvalue weighted by atomic mass is 10.1. The molecular weight excluding hydrogens is 228 g/mol. The highest BCUT2D eigenvalue weighted by molar-refractivity contribution is 5.76. The molecule has 0 aromatic heterocycles. The maximum Gasteiger partial charge on any atom is 0.220 e. The Labute approximate surface area is 109 Å². The van der Waals surface area contributed by atoms with Crippen molar-refractivity contribution in [3.8, 4) is 0 Å². The summed E-state index contributed by atoms with van der Waals surface area (Å²) in [7, 11) is 1.66. The van der Waals surface area contributed by atoms with E-state index in [2.05, 4.69) is 5.32 Å². The van der Waals surface area contributed by atoms with Crippen LogP contribution in [0.4, 0.5) is 5.69 Å². The van der Waals surface area contributed by atoms with Gasteiger partial charge in [-0.25, -0.2) is 0 Å². The van der Waals surface area contributed by atoms with E-state index in [1.54, 1.807) is 7.11 Å². The molecule has 1 unspecified atom stereocenters. The largest absolute Gasteiger partial charge is 0.399 e. The van der Waals surface area contributed by atoms with E-state index < -0.39 is 0 Å². The molecule has 0 aliphatic rings. The van der Waals surface area contributed by atoms with Crippen molar-refractivity contribution >= 4 is 11.6 Å². The molecule has 1 amide bonds. The molecule has 0 aliphatic heterocycles. The van der Waals surface area contributed by atoms with E-state index in [4.69, 9.17) is 10.5 Å². The first-order chi connectivity index (χ1) is 8.63. The fourth-order valence-corrected chi connectivity index (χ4v) is 1.73. The molecule has 0 saturated carbocycles. The summed E-state index contributed by atoms with van der Waals surface area (Å²) in [5.74, 6) is 0.391. The number of anilines is 1. The summed E-state index contributed by atoms with van der Waals surface area (Å²) < 4.78 is 5.01. The Balaban J connectivity index is 2.27. The third kappa shape index (κ3) is 5.19. The molecule has 0 fully saturated rings. The number of hydrogen-bond acceptors (Lipinski definition) is 3. The maximum absolute atomic E-state index is 11.6. The van der Waals surface area contributed by atoms with E-state index in [-0.39, 0.29) is 5.91 Å². The van der Waals surface area contributed by atoms with Gasteiger partial charge in [-0.2, -0.15) is 0 Å². The highest BCUT2D eigenvalue weighted by atomic mass is 16.5. The smallest absolute Gasteiger partial charge is 0.220 e. The van der Waals surface area contributed by atoms with Gasteiger partial charge in [-0.3, -0.25) is 4.79 Å². The van der Waals surface area contributed by atoms with Crippen LogP contribution in [0.1, 0.15) is 18.9 Å². The van der Waals surface area contributed by atoms with Crippen molar-refractivity contribution in [2.24, 2.45) is 5.92 Å². The van der Waals surface area contributed by atoms with Crippen LogP contribution in [0.2, 0.25) is 0 Å². The van der Waals surface area contributed by atoms with E-state index in [9.17, 15) is 4.79 Å². The number of nitrogen functional groups attached to an aromatic ring is 1. The number of hydrogen-bond donors (Lipinski definition) is 2. The lowest BCUT2D eigenvalue weighted by molar-refractivity contribution is -0.121. The van der Waals surface area contributed by atoms with Gasteiger partial charge in [-0.05, 0) is 24.0 Å². The van der Waals surface area contributed by atoms with Gasteiger partial charge in [0.05, 0.1) is 6.61 Å². The predicted molar refractivity (Wildman–Crippen MR) is 73.2 cm³/mol. The van der Waals surface area contributed by atoms with Gasteiger partial charge in [0, 0.05) is 25.8 Å². The van der Waals surface area contributed by atoms with Crippen LogP contribution >= 0.6 is 0 Å².